The SMILES string of the molecule is CCNC(=O)c1ccc(Oc2ccc(C)cc2)c(N)c1. The van der Waals surface area contributed by atoms with Gasteiger partial charge in [-0.25, -0.2) is 0 Å². The second-order valence-electron chi connectivity index (χ2n) is 4.53. The van der Waals surface area contributed by atoms with Crippen LogP contribution in [0.1, 0.15) is 22.8 Å². The molecule has 0 heterocycles. The molecule has 0 radical (unpaired) electrons. The Morgan fingerprint density at radius 1 is 1.20 bits per heavy atom. The quantitative estimate of drug-likeness (QED) is 0.839. The van der Waals surface area contributed by atoms with Crippen molar-refractivity contribution in [2.75, 3.05) is 12.3 Å². The van der Waals surface area contributed by atoms with Crippen LogP contribution < -0.4 is 15.8 Å². The molecule has 2 aromatic carbocycles. The van der Waals surface area contributed by atoms with Crippen LogP contribution in [0, 0.1) is 6.92 Å². The van der Waals surface area contributed by atoms with Crippen molar-refractivity contribution in [3.05, 3.63) is 53.6 Å². The van der Waals surface area contributed by atoms with Crippen molar-refractivity contribution in [2.24, 2.45) is 0 Å². The summed E-state index contributed by atoms with van der Waals surface area (Å²) < 4.78 is 5.70. The van der Waals surface area contributed by atoms with Crippen molar-refractivity contribution in [2.45, 2.75) is 13.8 Å². The number of nitrogens with two attached hydrogens (primary N) is 1. The Bertz CT molecular complexity index is 606. The molecule has 2 rings (SSSR count). The van der Waals surface area contributed by atoms with E-state index in [4.69, 9.17) is 10.5 Å². The minimum atomic E-state index is -0.138. The Balaban J connectivity index is 2.17. The maximum Gasteiger partial charge on any atom is 0.251 e. The average Bonchev–Trinajstić information content (AvgIpc) is 2.43. The molecule has 104 valence electrons. The van der Waals surface area contributed by atoms with Gasteiger partial charge in [-0.2, -0.15) is 0 Å². The smallest absolute Gasteiger partial charge is 0.251 e. The molecule has 0 aliphatic rings. The third kappa shape index (κ3) is 3.29. The molecular weight excluding hydrogens is 252 g/mol. The van der Waals surface area contributed by atoms with Gasteiger partial charge in [-0.1, -0.05) is 17.7 Å². The Morgan fingerprint density at radius 2 is 1.90 bits per heavy atom. The predicted octanol–water partition coefficient (Wildman–Crippen LogP) is 3.12. The summed E-state index contributed by atoms with van der Waals surface area (Å²) in [5, 5.41) is 2.73. The second-order valence-corrected chi connectivity index (χ2v) is 4.53. The van der Waals surface area contributed by atoms with Crippen LogP contribution in [0.4, 0.5) is 5.69 Å². The molecule has 3 N–H and O–H groups in total. The van der Waals surface area contributed by atoms with Gasteiger partial charge in [0.25, 0.3) is 5.91 Å². The van der Waals surface area contributed by atoms with E-state index in [9.17, 15) is 4.79 Å². The molecule has 0 fully saturated rings. The fourth-order valence-electron chi connectivity index (χ4n) is 1.78. The lowest BCUT2D eigenvalue weighted by molar-refractivity contribution is 0.0956. The van der Waals surface area contributed by atoms with E-state index in [2.05, 4.69) is 5.32 Å². The largest absolute Gasteiger partial charge is 0.455 e. The van der Waals surface area contributed by atoms with Crippen molar-refractivity contribution < 1.29 is 9.53 Å². The Kier molecular flexibility index (Phi) is 4.25. The molecule has 20 heavy (non-hydrogen) atoms. The van der Waals surface area contributed by atoms with Gasteiger partial charge in [0.15, 0.2) is 0 Å². The highest BCUT2D eigenvalue weighted by molar-refractivity contribution is 5.95. The predicted molar refractivity (Wildman–Crippen MR) is 80.1 cm³/mol. The zero-order valence-electron chi connectivity index (χ0n) is 11.6. The van der Waals surface area contributed by atoms with Crippen molar-refractivity contribution in [1.29, 1.82) is 0 Å². The minimum absolute atomic E-state index is 0.138. The molecule has 2 aromatic rings. The summed E-state index contributed by atoms with van der Waals surface area (Å²) in [5.74, 6) is 1.12. The van der Waals surface area contributed by atoms with E-state index in [1.54, 1.807) is 18.2 Å². The van der Waals surface area contributed by atoms with E-state index < -0.39 is 0 Å². The van der Waals surface area contributed by atoms with Crippen LogP contribution in [0.25, 0.3) is 0 Å². The van der Waals surface area contributed by atoms with Crippen LogP contribution in [-0.4, -0.2) is 12.5 Å². The lowest BCUT2D eigenvalue weighted by Crippen LogP contribution is -2.22. The highest BCUT2D eigenvalue weighted by Crippen LogP contribution is 2.28. The van der Waals surface area contributed by atoms with Crippen molar-refractivity contribution >= 4 is 11.6 Å². The van der Waals surface area contributed by atoms with Crippen molar-refractivity contribution in [3.8, 4) is 11.5 Å². The first-order valence-electron chi connectivity index (χ1n) is 6.52. The zero-order chi connectivity index (χ0) is 14.5. The lowest BCUT2D eigenvalue weighted by atomic mass is 10.1. The summed E-state index contributed by atoms with van der Waals surface area (Å²) in [6.45, 7) is 4.47. The zero-order valence-corrected chi connectivity index (χ0v) is 11.6. The highest BCUT2D eigenvalue weighted by atomic mass is 16.5. The molecule has 4 nitrogen and oxygen atoms in total. The molecule has 0 saturated carbocycles. The second kappa shape index (κ2) is 6.10. The maximum absolute atomic E-state index is 11.7. The van der Waals surface area contributed by atoms with Crippen LogP contribution in [0.3, 0.4) is 0 Å². The third-order valence-corrected chi connectivity index (χ3v) is 2.86. The average molecular weight is 270 g/mol. The normalized spacial score (nSPS) is 10.1. The molecule has 0 spiro atoms. The monoisotopic (exact) mass is 270 g/mol. The third-order valence-electron chi connectivity index (χ3n) is 2.86. The number of ether oxygens (including phenoxy) is 1. The first-order chi connectivity index (χ1) is 9.60. The fourth-order valence-corrected chi connectivity index (χ4v) is 1.78. The molecule has 0 aliphatic heterocycles. The number of hydrogen-bond acceptors (Lipinski definition) is 3. The minimum Gasteiger partial charge on any atom is -0.455 e. The van der Waals surface area contributed by atoms with Crippen LogP contribution in [0.15, 0.2) is 42.5 Å². The summed E-state index contributed by atoms with van der Waals surface area (Å²) in [6, 6.07) is 12.7. The molecule has 0 saturated heterocycles. The van der Waals surface area contributed by atoms with Crippen LogP contribution in [0.5, 0.6) is 11.5 Å². The standard InChI is InChI=1S/C16H18N2O2/c1-3-18-16(19)12-6-9-15(14(17)10-12)20-13-7-4-11(2)5-8-13/h4-10H,3,17H2,1-2H3,(H,18,19). The number of amides is 1. The summed E-state index contributed by atoms with van der Waals surface area (Å²) >= 11 is 0. The van der Waals surface area contributed by atoms with Gasteiger partial charge in [-0.3, -0.25) is 4.79 Å². The summed E-state index contributed by atoms with van der Waals surface area (Å²) in [6.07, 6.45) is 0. The number of rotatable bonds is 4. The Morgan fingerprint density at radius 3 is 2.50 bits per heavy atom. The molecule has 0 aliphatic carbocycles. The molecule has 0 aromatic heterocycles. The Hall–Kier alpha value is -2.49. The molecule has 4 heteroatoms. The van der Waals surface area contributed by atoms with E-state index in [1.807, 2.05) is 38.1 Å². The van der Waals surface area contributed by atoms with Gasteiger partial charge in [-0.15, -0.1) is 0 Å². The van der Waals surface area contributed by atoms with E-state index in [0.29, 0.717) is 29.3 Å². The number of hydrogen-bond donors (Lipinski definition) is 2. The Labute approximate surface area is 118 Å². The first kappa shape index (κ1) is 13.9. The molecule has 0 atom stereocenters. The lowest BCUT2D eigenvalue weighted by Gasteiger charge is -2.10. The number of anilines is 1. The van der Waals surface area contributed by atoms with Gasteiger partial charge >= 0.3 is 0 Å². The fraction of sp³-hybridized carbons (Fsp3) is 0.188. The topological polar surface area (TPSA) is 64.3 Å². The van der Waals surface area contributed by atoms with Crippen molar-refractivity contribution in [1.82, 2.24) is 5.32 Å². The van der Waals surface area contributed by atoms with E-state index >= 15 is 0 Å². The van der Waals surface area contributed by atoms with Gasteiger partial charge in [0.2, 0.25) is 0 Å². The number of carbonyl (C=O) groups excluding carboxylic acids is 1. The van der Waals surface area contributed by atoms with E-state index in [-0.39, 0.29) is 5.91 Å². The number of benzene rings is 2. The summed E-state index contributed by atoms with van der Waals surface area (Å²) in [5.41, 5.74) is 8.06. The van der Waals surface area contributed by atoms with Gasteiger partial charge in [0.05, 0.1) is 5.69 Å². The number of carbonyl (C=O) groups is 1. The van der Waals surface area contributed by atoms with Crippen LogP contribution in [-0.2, 0) is 0 Å². The van der Waals surface area contributed by atoms with Gasteiger partial charge in [-0.05, 0) is 44.2 Å². The highest BCUT2D eigenvalue weighted by Gasteiger charge is 2.08. The molecule has 0 unspecified atom stereocenters. The van der Waals surface area contributed by atoms with Crippen molar-refractivity contribution in [3.63, 3.8) is 0 Å². The van der Waals surface area contributed by atoms with E-state index in [0.717, 1.165) is 5.56 Å². The van der Waals surface area contributed by atoms with Crippen LogP contribution >= 0.6 is 0 Å². The molecular formula is C16H18N2O2. The first-order valence-corrected chi connectivity index (χ1v) is 6.52. The molecule has 1 amide bonds. The van der Waals surface area contributed by atoms with Gasteiger partial charge in [0, 0.05) is 12.1 Å². The summed E-state index contributed by atoms with van der Waals surface area (Å²) in [7, 11) is 0. The van der Waals surface area contributed by atoms with Gasteiger partial charge < -0.3 is 15.8 Å². The van der Waals surface area contributed by atoms with Crippen LogP contribution in [0.2, 0.25) is 0 Å². The van der Waals surface area contributed by atoms with E-state index in [1.165, 1.54) is 0 Å². The number of aryl methyl sites for hydroxylation is 1. The maximum atomic E-state index is 11.7. The number of nitrogens with one attached hydrogen (secondary N) is 1. The van der Waals surface area contributed by atoms with Gasteiger partial charge in [0.1, 0.15) is 11.5 Å². The summed E-state index contributed by atoms with van der Waals surface area (Å²) in [4.78, 5) is 11.7. The molecule has 0 bridgehead atoms. The number of nitrogen functional groups attached to an aromatic ring is 1.